The summed E-state index contributed by atoms with van der Waals surface area (Å²) in [6.07, 6.45) is 1.34. The zero-order chi connectivity index (χ0) is 16.6. The van der Waals surface area contributed by atoms with Crippen LogP contribution in [0.5, 0.6) is 0 Å². The number of hydrogen-bond acceptors (Lipinski definition) is 3. The molecule has 1 aliphatic rings. The Balaban J connectivity index is 1.99. The summed E-state index contributed by atoms with van der Waals surface area (Å²) in [5, 5.41) is 9.06. The molecule has 0 amide bonds. The van der Waals surface area contributed by atoms with Gasteiger partial charge in [-0.2, -0.15) is 5.26 Å². The smallest absolute Gasteiger partial charge is 0.235 e. The van der Waals surface area contributed by atoms with Crippen LogP contribution in [0.1, 0.15) is 24.6 Å². The molecule has 5 nitrogen and oxygen atoms in total. The maximum Gasteiger partial charge on any atom is 0.235 e. The first-order valence-corrected chi connectivity index (χ1v) is 9.28. The number of nitrogens with zero attached hydrogens (tertiary/aromatic N) is 3. The number of nitriles is 1. The third kappa shape index (κ3) is 2.62. The molecule has 0 saturated carbocycles. The highest BCUT2D eigenvalue weighted by Gasteiger charge is 2.28. The van der Waals surface area contributed by atoms with Crippen LogP contribution in [0.4, 0.5) is 5.69 Å². The molecule has 0 spiro atoms. The van der Waals surface area contributed by atoms with E-state index in [1.807, 2.05) is 42.8 Å². The predicted octanol–water partition coefficient (Wildman–Crippen LogP) is 2.67. The van der Waals surface area contributed by atoms with Crippen molar-refractivity contribution in [2.45, 2.75) is 19.8 Å². The number of hydrogen-bond donors (Lipinski definition) is 0. The molecule has 0 fully saturated rings. The van der Waals surface area contributed by atoms with Gasteiger partial charge in [0.1, 0.15) is 11.8 Å². The molecular formula is C17H19N3O2S. The first kappa shape index (κ1) is 15.6. The van der Waals surface area contributed by atoms with Crippen molar-refractivity contribution in [3.8, 4) is 17.3 Å². The number of benzene rings is 1. The van der Waals surface area contributed by atoms with Gasteiger partial charge in [0.15, 0.2) is 0 Å². The van der Waals surface area contributed by atoms with E-state index < -0.39 is 10.0 Å². The topological polar surface area (TPSA) is 66.1 Å². The van der Waals surface area contributed by atoms with Crippen molar-refractivity contribution >= 4 is 15.7 Å². The third-order valence-electron chi connectivity index (χ3n) is 4.26. The van der Waals surface area contributed by atoms with Crippen molar-refractivity contribution in [1.29, 1.82) is 5.26 Å². The minimum atomic E-state index is -3.22. The van der Waals surface area contributed by atoms with Crippen molar-refractivity contribution in [2.75, 3.05) is 16.6 Å². The fraction of sp³-hybridized carbons (Fsp3) is 0.353. The van der Waals surface area contributed by atoms with Gasteiger partial charge in [0, 0.05) is 19.3 Å². The quantitative estimate of drug-likeness (QED) is 0.866. The summed E-state index contributed by atoms with van der Waals surface area (Å²) in [5.74, 6) is 0.178. The van der Waals surface area contributed by atoms with Crippen LogP contribution in [-0.4, -0.2) is 25.3 Å². The van der Waals surface area contributed by atoms with Gasteiger partial charge in [-0.3, -0.25) is 4.31 Å². The van der Waals surface area contributed by atoms with E-state index in [1.165, 1.54) is 4.31 Å². The van der Waals surface area contributed by atoms with Crippen LogP contribution in [0.2, 0.25) is 0 Å². The lowest BCUT2D eigenvalue weighted by Gasteiger charge is -2.19. The van der Waals surface area contributed by atoms with Crippen LogP contribution < -0.4 is 4.31 Å². The van der Waals surface area contributed by atoms with Crippen LogP contribution in [0.15, 0.2) is 30.3 Å². The Morgan fingerprint density at radius 2 is 2.04 bits per heavy atom. The van der Waals surface area contributed by atoms with E-state index in [1.54, 1.807) is 6.07 Å². The molecule has 23 heavy (non-hydrogen) atoms. The Kier molecular flexibility index (Phi) is 3.90. The lowest BCUT2D eigenvalue weighted by atomic mass is 10.1. The van der Waals surface area contributed by atoms with Crippen LogP contribution in [0.3, 0.4) is 0 Å². The van der Waals surface area contributed by atoms with E-state index in [0.717, 1.165) is 28.9 Å². The Morgan fingerprint density at radius 1 is 1.26 bits per heavy atom. The molecule has 0 saturated heterocycles. The maximum atomic E-state index is 12.3. The van der Waals surface area contributed by atoms with Gasteiger partial charge in [-0.1, -0.05) is 13.0 Å². The van der Waals surface area contributed by atoms with E-state index in [2.05, 4.69) is 6.07 Å². The van der Waals surface area contributed by atoms with Gasteiger partial charge in [0.25, 0.3) is 0 Å². The van der Waals surface area contributed by atoms with E-state index in [9.17, 15) is 8.42 Å². The van der Waals surface area contributed by atoms with Gasteiger partial charge >= 0.3 is 0 Å². The van der Waals surface area contributed by atoms with Crippen LogP contribution in [0.25, 0.3) is 11.3 Å². The summed E-state index contributed by atoms with van der Waals surface area (Å²) in [6, 6.07) is 11.7. The summed E-state index contributed by atoms with van der Waals surface area (Å²) in [4.78, 5) is 0. The second kappa shape index (κ2) is 5.74. The predicted molar refractivity (Wildman–Crippen MR) is 90.7 cm³/mol. The zero-order valence-corrected chi connectivity index (χ0v) is 14.1. The lowest BCUT2D eigenvalue weighted by Crippen LogP contribution is -2.31. The Bertz CT molecular complexity index is 891. The molecule has 1 aromatic heterocycles. The van der Waals surface area contributed by atoms with E-state index in [-0.39, 0.29) is 5.75 Å². The maximum absolute atomic E-state index is 12.3. The average molecular weight is 329 g/mol. The van der Waals surface area contributed by atoms with Crippen molar-refractivity contribution < 1.29 is 8.42 Å². The second-order valence-corrected chi connectivity index (χ2v) is 7.77. The zero-order valence-electron chi connectivity index (χ0n) is 13.3. The lowest BCUT2D eigenvalue weighted by molar-refractivity contribution is 0.591. The molecule has 3 rings (SSSR count). The molecule has 2 heterocycles. The first-order chi connectivity index (χ1) is 11.0. The van der Waals surface area contributed by atoms with Gasteiger partial charge < -0.3 is 4.57 Å². The fourth-order valence-electron chi connectivity index (χ4n) is 3.10. The summed E-state index contributed by atoms with van der Waals surface area (Å²) in [6.45, 7) is 2.39. The molecule has 0 N–H and O–H groups in total. The number of sulfonamides is 1. The average Bonchev–Trinajstić information content (AvgIpc) is 3.10. The second-order valence-electron chi connectivity index (χ2n) is 5.76. The highest BCUT2D eigenvalue weighted by Crippen LogP contribution is 2.34. The minimum absolute atomic E-state index is 0.178. The van der Waals surface area contributed by atoms with E-state index >= 15 is 0 Å². The van der Waals surface area contributed by atoms with Gasteiger partial charge in [0.2, 0.25) is 10.0 Å². The fourth-order valence-corrected chi connectivity index (χ4v) is 4.68. The molecule has 1 aromatic carbocycles. The van der Waals surface area contributed by atoms with Gasteiger partial charge in [-0.25, -0.2) is 8.42 Å². The molecule has 0 unspecified atom stereocenters. The van der Waals surface area contributed by atoms with Crippen LogP contribution in [-0.2, 0) is 23.5 Å². The van der Waals surface area contributed by atoms with Gasteiger partial charge in [-0.05, 0) is 48.2 Å². The normalized spacial score (nSPS) is 13.9. The number of rotatable bonds is 4. The first-order valence-electron chi connectivity index (χ1n) is 7.67. The van der Waals surface area contributed by atoms with Crippen molar-refractivity contribution in [2.24, 2.45) is 7.05 Å². The monoisotopic (exact) mass is 329 g/mol. The van der Waals surface area contributed by atoms with Gasteiger partial charge in [-0.15, -0.1) is 0 Å². The highest BCUT2D eigenvalue weighted by molar-refractivity contribution is 7.92. The van der Waals surface area contributed by atoms with E-state index in [0.29, 0.717) is 18.7 Å². The Morgan fingerprint density at radius 3 is 2.70 bits per heavy atom. The third-order valence-corrected chi connectivity index (χ3v) is 6.24. The number of anilines is 1. The molecule has 2 aromatic rings. The van der Waals surface area contributed by atoms with Crippen molar-refractivity contribution in [1.82, 2.24) is 4.57 Å². The Labute approximate surface area is 136 Å². The molecule has 6 heteroatoms. The molecule has 1 aliphatic heterocycles. The van der Waals surface area contributed by atoms with Crippen LogP contribution >= 0.6 is 0 Å². The SMILES string of the molecule is CCCS(=O)(=O)N1CCc2cc(-c3ccc(C#N)n3C)ccc21. The van der Waals surface area contributed by atoms with Crippen molar-refractivity contribution in [3.63, 3.8) is 0 Å². The molecule has 0 atom stereocenters. The number of aromatic nitrogens is 1. The summed E-state index contributed by atoms with van der Waals surface area (Å²) in [5.41, 5.74) is 4.40. The largest absolute Gasteiger partial charge is 0.335 e. The number of fused-ring (bicyclic) bond motifs is 1. The van der Waals surface area contributed by atoms with Crippen LogP contribution in [0, 0.1) is 11.3 Å². The summed E-state index contributed by atoms with van der Waals surface area (Å²) < 4.78 is 28.0. The summed E-state index contributed by atoms with van der Waals surface area (Å²) >= 11 is 0. The highest BCUT2D eigenvalue weighted by atomic mass is 32.2. The molecule has 0 radical (unpaired) electrons. The summed E-state index contributed by atoms with van der Waals surface area (Å²) in [7, 11) is -1.36. The Hall–Kier alpha value is -2.26. The molecule has 0 bridgehead atoms. The van der Waals surface area contributed by atoms with Crippen molar-refractivity contribution in [3.05, 3.63) is 41.6 Å². The minimum Gasteiger partial charge on any atom is -0.335 e. The molecule has 120 valence electrons. The molecule has 0 aliphatic carbocycles. The standard InChI is InChI=1S/C17H19N3O2S/c1-3-10-23(21,22)20-9-8-14-11-13(4-6-17(14)20)16-7-5-15(12-18)19(16)2/h4-7,11H,3,8-10H2,1-2H3. The van der Waals surface area contributed by atoms with E-state index in [4.69, 9.17) is 5.26 Å². The molecular weight excluding hydrogens is 310 g/mol. The van der Waals surface area contributed by atoms with Gasteiger partial charge in [0.05, 0.1) is 11.4 Å².